The standard InChI is InChI=1S/C21H19N5O4S/c1-3-30-21(29)18-13(2)9-17(31-18)24-16(27)11-25-12-22-19-15(20(25)28)10-23-26(19)14-7-5-4-6-8-14/h4-10,12H,3,11H2,1-2H3,(H,24,27). The highest BCUT2D eigenvalue weighted by molar-refractivity contribution is 7.18. The molecule has 1 N–H and O–H groups in total. The fraction of sp³-hybridized carbons (Fsp3) is 0.190. The number of benzene rings is 1. The van der Waals surface area contributed by atoms with Crippen LogP contribution in [0.2, 0.25) is 0 Å². The number of ether oxygens (including phenoxy) is 1. The molecule has 0 fully saturated rings. The largest absolute Gasteiger partial charge is 0.462 e. The lowest BCUT2D eigenvalue weighted by Crippen LogP contribution is -2.27. The Morgan fingerprint density at radius 2 is 2.00 bits per heavy atom. The summed E-state index contributed by atoms with van der Waals surface area (Å²) in [7, 11) is 0. The summed E-state index contributed by atoms with van der Waals surface area (Å²) < 4.78 is 7.81. The minimum absolute atomic E-state index is 0.218. The van der Waals surface area contributed by atoms with Crippen molar-refractivity contribution in [2.45, 2.75) is 20.4 Å². The third kappa shape index (κ3) is 4.10. The zero-order valence-corrected chi connectivity index (χ0v) is 17.7. The van der Waals surface area contributed by atoms with Gasteiger partial charge in [0, 0.05) is 0 Å². The Hall–Kier alpha value is -3.79. The molecule has 3 aromatic heterocycles. The van der Waals surface area contributed by atoms with E-state index in [-0.39, 0.29) is 18.7 Å². The maximum absolute atomic E-state index is 12.8. The second-order valence-electron chi connectivity index (χ2n) is 6.70. The lowest BCUT2D eigenvalue weighted by atomic mass is 10.3. The van der Waals surface area contributed by atoms with Crippen LogP contribution in [-0.4, -0.2) is 37.8 Å². The fourth-order valence-electron chi connectivity index (χ4n) is 3.09. The molecule has 3 heterocycles. The van der Waals surface area contributed by atoms with E-state index in [2.05, 4.69) is 15.4 Å². The molecule has 0 saturated carbocycles. The summed E-state index contributed by atoms with van der Waals surface area (Å²) in [5.74, 6) is -0.831. The summed E-state index contributed by atoms with van der Waals surface area (Å²) in [5, 5.41) is 7.79. The number of esters is 1. The van der Waals surface area contributed by atoms with Gasteiger partial charge in [-0.2, -0.15) is 5.10 Å². The number of nitrogens with one attached hydrogen (secondary N) is 1. The molecule has 0 aliphatic heterocycles. The van der Waals surface area contributed by atoms with Gasteiger partial charge in [-0.05, 0) is 37.6 Å². The van der Waals surface area contributed by atoms with Crippen molar-refractivity contribution >= 4 is 39.2 Å². The van der Waals surface area contributed by atoms with Crippen molar-refractivity contribution in [1.29, 1.82) is 0 Å². The van der Waals surface area contributed by atoms with Gasteiger partial charge < -0.3 is 10.1 Å². The molecule has 0 aliphatic carbocycles. The molecule has 0 radical (unpaired) electrons. The summed E-state index contributed by atoms with van der Waals surface area (Å²) in [5.41, 5.74) is 1.55. The summed E-state index contributed by atoms with van der Waals surface area (Å²) >= 11 is 1.13. The van der Waals surface area contributed by atoms with Crippen molar-refractivity contribution in [1.82, 2.24) is 19.3 Å². The molecule has 10 heteroatoms. The van der Waals surface area contributed by atoms with Crippen LogP contribution in [0.25, 0.3) is 16.7 Å². The summed E-state index contributed by atoms with van der Waals surface area (Å²) in [4.78, 5) is 42.0. The lowest BCUT2D eigenvalue weighted by molar-refractivity contribution is -0.116. The topological polar surface area (TPSA) is 108 Å². The quantitative estimate of drug-likeness (QED) is 0.465. The molecule has 0 bridgehead atoms. The molecule has 31 heavy (non-hydrogen) atoms. The third-order valence-electron chi connectivity index (χ3n) is 4.51. The Labute approximate surface area is 180 Å². The minimum Gasteiger partial charge on any atom is -0.462 e. The first-order valence-electron chi connectivity index (χ1n) is 9.54. The Bertz CT molecular complexity index is 1320. The fourth-order valence-corrected chi connectivity index (χ4v) is 4.08. The van der Waals surface area contributed by atoms with Crippen molar-refractivity contribution in [3.05, 3.63) is 69.7 Å². The van der Waals surface area contributed by atoms with E-state index in [4.69, 9.17) is 4.74 Å². The Morgan fingerprint density at radius 3 is 2.74 bits per heavy atom. The molecular formula is C21H19N5O4S. The number of aryl methyl sites for hydroxylation is 1. The van der Waals surface area contributed by atoms with E-state index in [9.17, 15) is 14.4 Å². The number of hydrogen-bond donors (Lipinski definition) is 1. The first kappa shape index (κ1) is 20.5. The number of rotatable bonds is 6. The zero-order chi connectivity index (χ0) is 22.0. The highest BCUT2D eigenvalue weighted by atomic mass is 32.1. The molecule has 0 unspecified atom stereocenters. The Morgan fingerprint density at radius 1 is 1.23 bits per heavy atom. The summed E-state index contributed by atoms with van der Waals surface area (Å²) in [6.07, 6.45) is 2.77. The predicted octanol–water partition coefficient (Wildman–Crippen LogP) is 2.77. The van der Waals surface area contributed by atoms with Crippen LogP contribution in [0.4, 0.5) is 5.00 Å². The van der Waals surface area contributed by atoms with E-state index in [0.717, 1.165) is 17.0 Å². The molecule has 0 spiro atoms. The number of fused-ring (bicyclic) bond motifs is 1. The Balaban J connectivity index is 1.53. The smallest absolute Gasteiger partial charge is 0.348 e. The van der Waals surface area contributed by atoms with E-state index < -0.39 is 11.9 Å². The van der Waals surface area contributed by atoms with Crippen molar-refractivity contribution in [2.24, 2.45) is 0 Å². The number of hydrogen-bond acceptors (Lipinski definition) is 7. The molecule has 0 aliphatic rings. The minimum atomic E-state index is -0.424. The van der Waals surface area contributed by atoms with Gasteiger partial charge in [-0.3, -0.25) is 14.2 Å². The first-order chi connectivity index (χ1) is 15.0. The third-order valence-corrected chi connectivity index (χ3v) is 5.64. The average molecular weight is 437 g/mol. The molecule has 9 nitrogen and oxygen atoms in total. The van der Waals surface area contributed by atoms with Gasteiger partial charge in [0.1, 0.15) is 23.1 Å². The zero-order valence-electron chi connectivity index (χ0n) is 16.9. The number of amides is 1. The highest BCUT2D eigenvalue weighted by Crippen LogP contribution is 2.27. The maximum Gasteiger partial charge on any atom is 0.348 e. The summed E-state index contributed by atoms with van der Waals surface area (Å²) in [6, 6.07) is 11.0. The van der Waals surface area contributed by atoms with Gasteiger partial charge in [0.15, 0.2) is 5.65 Å². The SMILES string of the molecule is CCOC(=O)c1sc(NC(=O)Cn2cnc3c(cnn3-c3ccccc3)c2=O)cc1C. The molecule has 158 valence electrons. The maximum atomic E-state index is 12.8. The summed E-state index contributed by atoms with van der Waals surface area (Å²) in [6.45, 7) is 3.56. The van der Waals surface area contributed by atoms with E-state index >= 15 is 0 Å². The molecular weight excluding hydrogens is 418 g/mol. The van der Waals surface area contributed by atoms with Gasteiger partial charge in [-0.1, -0.05) is 18.2 Å². The molecule has 4 rings (SSSR count). The van der Waals surface area contributed by atoms with Crippen LogP contribution >= 0.6 is 11.3 Å². The van der Waals surface area contributed by atoms with Crippen LogP contribution in [0, 0.1) is 6.92 Å². The van der Waals surface area contributed by atoms with Crippen LogP contribution in [0.3, 0.4) is 0 Å². The molecule has 1 amide bonds. The number of anilines is 1. The van der Waals surface area contributed by atoms with Gasteiger partial charge in [0.25, 0.3) is 5.56 Å². The second-order valence-corrected chi connectivity index (χ2v) is 7.75. The van der Waals surface area contributed by atoms with Gasteiger partial charge in [0.05, 0.1) is 23.5 Å². The van der Waals surface area contributed by atoms with E-state index in [0.29, 0.717) is 26.5 Å². The van der Waals surface area contributed by atoms with Gasteiger partial charge in [0.2, 0.25) is 5.91 Å². The first-order valence-corrected chi connectivity index (χ1v) is 10.4. The van der Waals surface area contributed by atoms with Crippen LogP contribution < -0.4 is 10.9 Å². The number of nitrogens with zero attached hydrogens (tertiary/aromatic N) is 4. The normalized spacial score (nSPS) is 10.9. The van der Waals surface area contributed by atoms with Crippen LogP contribution in [0.5, 0.6) is 0 Å². The monoisotopic (exact) mass is 437 g/mol. The van der Waals surface area contributed by atoms with E-state index in [1.165, 1.54) is 17.1 Å². The van der Waals surface area contributed by atoms with Crippen LogP contribution in [-0.2, 0) is 16.1 Å². The van der Waals surface area contributed by atoms with E-state index in [1.54, 1.807) is 24.6 Å². The highest BCUT2D eigenvalue weighted by Gasteiger charge is 2.17. The second kappa shape index (κ2) is 8.52. The van der Waals surface area contributed by atoms with Gasteiger partial charge in [-0.15, -0.1) is 11.3 Å². The van der Waals surface area contributed by atoms with Crippen molar-refractivity contribution in [3.8, 4) is 5.69 Å². The molecule has 0 atom stereocenters. The molecule has 1 aromatic carbocycles. The predicted molar refractivity (Wildman–Crippen MR) is 117 cm³/mol. The van der Waals surface area contributed by atoms with Crippen LogP contribution in [0.15, 0.2) is 53.7 Å². The van der Waals surface area contributed by atoms with Crippen molar-refractivity contribution < 1.29 is 14.3 Å². The molecule has 0 saturated heterocycles. The van der Waals surface area contributed by atoms with Crippen molar-refractivity contribution in [2.75, 3.05) is 11.9 Å². The number of para-hydroxylation sites is 1. The lowest BCUT2D eigenvalue weighted by Gasteiger charge is -2.06. The number of carbonyl (C=O) groups excluding carboxylic acids is 2. The average Bonchev–Trinajstić information content (AvgIpc) is 3.35. The van der Waals surface area contributed by atoms with Crippen LogP contribution in [0.1, 0.15) is 22.2 Å². The number of carbonyl (C=O) groups is 2. The van der Waals surface area contributed by atoms with Crippen molar-refractivity contribution in [3.63, 3.8) is 0 Å². The van der Waals surface area contributed by atoms with Gasteiger partial charge in [-0.25, -0.2) is 14.5 Å². The number of aromatic nitrogens is 4. The Kier molecular flexibility index (Phi) is 5.63. The molecule has 4 aromatic rings. The van der Waals surface area contributed by atoms with Gasteiger partial charge >= 0.3 is 5.97 Å². The number of thiophene rings is 1. The van der Waals surface area contributed by atoms with E-state index in [1.807, 2.05) is 30.3 Å².